The van der Waals surface area contributed by atoms with Crippen molar-refractivity contribution in [3.8, 4) is 0 Å². The highest BCUT2D eigenvalue weighted by Gasteiger charge is 1.95. The lowest BCUT2D eigenvalue weighted by Crippen LogP contribution is -1.93. The first kappa shape index (κ1) is 21.7. The van der Waals surface area contributed by atoms with Crippen LogP contribution in [0.5, 0.6) is 0 Å². The topological polar surface area (TPSA) is 37.3 Å². The zero-order valence-electron chi connectivity index (χ0n) is 15.2. The SMILES string of the molecule is CC(C)CCCC=CCC=CCC=CCCCCCCC(=O)O. The van der Waals surface area contributed by atoms with Gasteiger partial charge in [0, 0.05) is 6.42 Å². The van der Waals surface area contributed by atoms with Crippen LogP contribution >= 0.6 is 0 Å². The van der Waals surface area contributed by atoms with Crippen LogP contribution in [-0.4, -0.2) is 11.1 Å². The third kappa shape index (κ3) is 20.7. The van der Waals surface area contributed by atoms with Gasteiger partial charge in [-0.15, -0.1) is 0 Å². The number of allylic oxidation sites excluding steroid dienone is 6. The van der Waals surface area contributed by atoms with Crippen molar-refractivity contribution < 1.29 is 9.90 Å². The maximum absolute atomic E-state index is 10.3. The molecule has 1 N–H and O–H groups in total. The minimum absolute atomic E-state index is 0.312. The van der Waals surface area contributed by atoms with Crippen molar-refractivity contribution >= 4 is 5.97 Å². The minimum Gasteiger partial charge on any atom is -0.481 e. The predicted molar refractivity (Wildman–Crippen MR) is 101 cm³/mol. The van der Waals surface area contributed by atoms with Crippen molar-refractivity contribution in [2.45, 2.75) is 84.5 Å². The molecule has 132 valence electrons. The number of hydrogen-bond acceptors (Lipinski definition) is 1. The highest BCUT2D eigenvalue weighted by Crippen LogP contribution is 2.07. The molecular formula is C21H36O2. The number of rotatable bonds is 15. The fourth-order valence-electron chi connectivity index (χ4n) is 2.31. The molecule has 0 amide bonds. The Labute approximate surface area is 143 Å². The van der Waals surface area contributed by atoms with Gasteiger partial charge in [0.25, 0.3) is 0 Å². The molecule has 0 aliphatic rings. The zero-order chi connectivity index (χ0) is 17.2. The van der Waals surface area contributed by atoms with E-state index in [1.807, 2.05) is 0 Å². The molecule has 0 aromatic heterocycles. The van der Waals surface area contributed by atoms with Crippen molar-refractivity contribution in [3.05, 3.63) is 36.5 Å². The van der Waals surface area contributed by atoms with Gasteiger partial charge < -0.3 is 5.11 Å². The molecule has 23 heavy (non-hydrogen) atoms. The highest BCUT2D eigenvalue weighted by molar-refractivity contribution is 5.66. The van der Waals surface area contributed by atoms with E-state index in [9.17, 15) is 4.79 Å². The Morgan fingerprint density at radius 3 is 1.87 bits per heavy atom. The molecule has 2 nitrogen and oxygen atoms in total. The Morgan fingerprint density at radius 2 is 1.30 bits per heavy atom. The van der Waals surface area contributed by atoms with Gasteiger partial charge in [-0.25, -0.2) is 0 Å². The Kier molecular flexibility index (Phi) is 16.1. The van der Waals surface area contributed by atoms with Gasteiger partial charge in [0.2, 0.25) is 0 Å². The number of hydrogen-bond donors (Lipinski definition) is 1. The molecule has 0 aromatic carbocycles. The number of carbonyl (C=O) groups is 1. The molecule has 0 unspecified atom stereocenters. The summed E-state index contributed by atoms with van der Waals surface area (Å²) in [6.45, 7) is 4.55. The van der Waals surface area contributed by atoms with Crippen LogP contribution in [-0.2, 0) is 4.79 Å². The maximum Gasteiger partial charge on any atom is 0.303 e. The van der Waals surface area contributed by atoms with Crippen LogP contribution in [0.25, 0.3) is 0 Å². The average Bonchev–Trinajstić information content (AvgIpc) is 2.49. The first-order chi connectivity index (χ1) is 11.1. The van der Waals surface area contributed by atoms with E-state index < -0.39 is 5.97 Å². The van der Waals surface area contributed by atoms with Gasteiger partial charge >= 0.3 is 5.97 Å². The van der Waals surface area contributed by atoms with Gasteiger partial charge in [0.05, 0.1) is 0 Å². The summed E-state index contributed by atoms with van der Waals surface area (Å²) < 4.78 is 0. The van der Waals surface area contributed by atoms with Crippen molar-refractivity contribution in [2.75, 3.05) is 0 Å². The van der Waals surface area contributed by atoms with Crippen LogP contribution in [0.3, 0.4) is 0 Å². The van der Waals surface area contributed by atoms with Crippen molar-refractivity contribution in [1.29, 1.82) is 0 Å². The van der Waals surface area contributed by atoms with Gasteiger partial charge in [-0.3, -0.25) is 4.79 Å². The van der Waals surface area contributed by atoms with Crippen molar-refractivity contribution in [3.63, 3.8) is 0 Å². The number of carboxylic acid groups (broad SMARTS) is 1. The third-order valence-electron chi connectivity index (χ3n) is 3.71. The molecular weight excluding hydrogens is 284 g/mol. The van der Waals surface area contributed by atoms with E-state index in [4.69, 9.17) is 5.11 Å². The molecule has 0 heterocycles. The van der Waals surface area contributed by atoms with Gasteiger partial charge in [-0.2, -0.15) is 0 Å². The molecule has 0 bridgehead atoms. The Balaban J connectivity index is 3.32. The number of carboxylic acids is 1. The molecule has 0 aromatic rings. The minimum atomic E-state index is -0.679. The summed E-state index contributed by atoms with van der Waals surface area (Å²) in [6, 6.07) is 0. The molecule has 0 saturated heterocycles. The van der Waals surface area contributed by atoms with Crippen LogP contribution in [0.2, 0.25) is 0 Å². The number of unbranched alkanes of at least 4 members (excludes halogenated alkanes) is 5. The lowest BCUT2D eigenvalue weighted by atomic mass is 10.1. The van der Waals surface area contributed by atoms with Gasteiger partial charge in [0.1, 0.15) is 0 Å². The highest BCUT2D eigenvalue weighted by atomic mass is 16.4. The molecule has 0 spiro atoms. The summed E-state index contributed by atoms with van der Waals surface area (Å²) in [6.07, 6.45) is 24.9. The molecule has 0 rings (SSSR count). The van der Waals surface area contributed by atoms with Crippen LogP contribution in [0.4, 0.5) is 0 Å². The molecule has 2 heteroatoms. The fraction of sp³-hybridized carbons (Fsp3) is 0.667. The van der Waals surface area contributed by atoms with E-state index >= 15 is 0 Å². The largest absolute Gasteiger partial charge is 0.481 e. The summed E-state index contributed by atoms with van der Waals surface area (Å²) in [5, 5.41) is 8.53. The zero-order valence-corrected chi connectivity index (χ0v) is 15.2. The van der Waals surface area contributed by atoms with Crippen LogP contribution in [0, 0.1) is 5.92 Å². The van der Waals surface area contributed by atoms with Gasteiger partial charge in [-0.05, 0) is 50.9 Å². The molecule has 0 radical (unpaired) electrons. The lowest BCUT2D eigenvalue weighted by Gasteiger charge is -2.00. The standard InChI is InChI=1S/C21H36O2/c1-20(2)18-16-14-12-10-8-6-4-3-5-7-9-11-13-15-17-19-21(22)23/h4-7,10,12,20H,3,8-9,11,13-19H2,1-2H3,(H,22,23). The lowest BCUT2D eigenvalue weighted by molar-refractivity contribution is -0.137. The normalized spacial score (nSPS) is 12.3. The monoisotopic (exact) mass is 320 g/mol. The Hall–Kier alpha value is -1.31. The van der Waals surface area contributed by atoms with Gasteiger partial charge in [0.15, 0.2) is 0 Å². The maximum atomic E-state index is 10.3. The smallest absolute Gasteiger partial charge is 0.303 e. The van der Waals surface area contributed by atoms with E-state index in [2.05, 4.69) is 50.3 Å². The summed E-state index contributed by atoms with van der Waals surface area (Å²) in [7, 11) is 0. The van der Waals surface area contributed by atoms with E-state index in [-0.39, 0.29) is 0 Å². The van der Waals surface area contributed by atoms with E-state index in [1.165, 1.54) is 25.7 Å². The fourth-order valence-corrected chi connectivity index (χ4v) is 2.31. The molecule has 0 fully saturated rings. The molecule has 0 atom stereocenters. The van der Waals surface area contributed by atoms with Crippen LogP contribution in [0.1, 0.15) is 84.5 Å². The Bertz CT molecular complexity index is 351. The third-order valence-corrected chi connectivity index (χ3v) is 3.71. The van der Waals surface area contributed by atoms with E-state index in [0.717, 1.165) is 44.4 Å². The molecule has 0 aliphatic heterocycles. The van der Waals surface area contributed by atoms with Crippen LogP contribution in [0.15, 0.2) is 36.5 Å². The second-order valence-corrected chi connectivity index (χ2v) is 6.56. The summed E-state index contributed by atoms with van der Waals surface area (Å²) in [4.78, 5) is 10.3. The van der Waals surface area contributed by atoms with Crippen molar-refractivity contribution in [2.24, 2.45) is 5.92 Å². The average molecular weight is 321 g/mol. The van der Waals surface area contributed by atoms with Gasteiger partial charge in [-0.1, -0.05) is 69.6 Å². The molecule has 0 saturated carbocycles. The summed E-state index contributed by atoms with van der Waals surface area (Å²) in [5.74, 6) is 0.141. The van der Waals surface area contributed by atoms with Crippen LogP contribution < -0.4 is 0 Å². The second-order valence-electron chi connectivity index (χ2n) is 6.56. The Morgan fingerprint density at radius 1 is 0.783 bits per heavy atom. The molecule has 0 aliphatic carbocycles. The first-order valence-electron chi connectivity index (χ1n) is 9.29. The summed E-state index contributed by atoms with van der Waals surface area (Å²) in [5.41, 5.74) is 0. The summed E-state index contributed by atoms with van der Waals surface area (Å²) >= 11 is 0. The predicted octanol–water partition coefficient (Wildman–Crippen LogP) is 6.69. The quantitative estimate of drug-likeness (QED) is 0.270. The van der Waals surface area contributed by atoms with E-state index in [0.29, 0.717) is 6.42 Å². The number of aliphatic carboxylic acids is 1. The van der Waals surface area contributed by atoms with E-state index in [1.54, 1.807) is 0 Å². The first-order valence-corrected chi connectivity index (χ1v) is 9.29. The second kappa shape index (κ2) is 17.1. The van der Waals surface area contributed by atoms with Crippen molar-refractivity contribution in [1.82, 2.24) is 0 Å².